The van der Waals surface area contributed by atoms with Crippen molar-refractivity contribution in [3.8, 4) is 5.75 Å². The number of nitrogens with zero attached hydrogens (tertiary/aromatic N) is 1. The summed E-state index contributed by atoms with van der Waals surface area (Å²) in [6, 6.07) is 3.69. The summed E-state index contributed by atoms with van der Waals surface area (Å²) in [7, 11) is 0. The van der Waals surface area contributed by atoms with Gasteiger partial charge in [0.05, 0.1) is 6.10 Å². The van der Waals surface area contributed by atoms with Crippen molar-refractivity contribution in [2.24, 2.45) is 0 Å². The van der Waals surface area contributed by atoms with E-state index in [1.807, 2.05) is 12.3 Å². The zero-order chi connectivity index (χ0) is 9.26. The van der Waals surface area contributed by atoms with Gasteiger partial charge in [0, 0.05) is 12.1 Å². The van der Waals surface area contributed by atoms with Crippen molar-refractivity contribution in [3.05, 3.63) is 17.3 Å². The Hall–Kier alpha value is -0.410. The number of ether oxygens (including phenoxy) is 1. The van der Waals surface area contributed by atoms with Gasteiger partial charge in [-0.15, -0.1) is 11.8 Å². The normalized spacial score (nSPS) is 15.8. The first-order valence-corrected chi connectivity index (χ1v) is 5.76. The average molecular weight is 216 g/mol. The van der Waals surface area contributed by atoms with Gasteiger partial charge in [-0.1, -0.05) is 11.6 Å². The number of aromatic nitrogens is 1. The number of pyridine rings is 1. The van der Waals surface area contributed by atoms with Crippen LogP contribution < -0.4 is 4.74 Å². The van der Waals surface area contributed by atoms with E-state index in [-0.39, 0.29) is 0 Å². The molecule has 0 N–H and O–H groups in total. The van der Waals surface area contributed by atoms with Gasteiger partial charge in [0.2, 0.25) is 0 Å². The van der Waals surface area contributed by atoms with Crippen LogP contribution in [0.1, 0.15) is 12.8 Å². The molecule has 4 heteroatoms. The molecule has 0 aromatic carbocycles. The molecule has 0 bridgehead atoms. The van der Waals surface area contributed by atoms with Crippen LogP contribution in [0.15, 0.2) is 17.2 Å². The van der Waals surface area contributed by atoms with Gasteiger partial charge in [-0.3, -0.25) is 0 Å². The average Bonchev–Trinajstić information content (AvgIpc) is 2.87. The molecular formula is C9H10ClNOS. The molecule has 0 atom stereocenters. The zero-order valence-electron chi connectivity index (χ0n) is 7.29. The van der Waals surface area contributed by atoms with E-state index < -0.39 is 0 Å². The molecular weight excluding hydrogens is 206 g/mol. The summed E-state index contributed by atoms with van der Waals surface area (Å²) >= 11 is 7.40. The van der Waals surface area contributed by atoms with Gasteiger partial charge >= 0.3 is 0 Å². The number of hydrogen-bond acceptors (Lipinski definition) is 3. The number of hydrogen-bond donors (Lipinski definition) is 0. The summed E-state index contributed by atoms with van der Waals surface area (Å²) < 4.78 is 5.61. The van der Waals surface area contributed by atoms with Gasteiger partial charge in [0.25, 0.3) is 0 Å². The van der Waals surface area contributed by atoms with Gasteiger partial charge in [-0.25, -0.2) is 4.98 Å². The smallest absolute Gasteiger partial charge is 0.134 e. The van der Waals surface area contributed by atoms with Gasteiger partial charge in [0.15, 0.2) is 0 Å². The summed E-state index contributed by atoms with van der Waals surface area (Å²) in [6.45, 7) is 0. The van der Waals surface area contributed by atoms with E-state index in [4.69, 9.17) is 16.3 Å². The van der Waals surface area contributed by atoms with E-state index in [2.05, 4.69) is 4.98 Å². The summed E-state index contributed by atoms with van der Waals surface area (Å²) in [5, 5.41) is 1.41. The largest absolute Gasteiger partial charge is 0.490 e. The molecule has 1 aromatic rings. The van der Waals surface area contributed by atoms with E-state index in [9.17, 15) is 0 Å². The third-order valence-electron chi connectivity index (χ3n) is 1.78. The second-order valence-electron chi connectivity index (χ2n) is 2.99. The molecule has 1 aliphatic rings. The molecule has 0 saturated heterocycles. The molecule has 1 saturated carbocycles. The van der Waals surface area contributed by atoms with Gasteiger partial charge < -0.3 is 4.74 Å². The maximum absolute atomic E-state index is 5.83. The lowest BCUT2D eigenvalue weighted by Crippen LogP contribution is -1.96. The van der Waals surface area contributed by atoms with Crippen molar-refractivity contribution in [1.82, 2.24) is 4.98 Å². The van der Waals surface area contributed by atoms with E-state index in [1.54, 1.807) is 17.8 Å². The second kappa shape index (κ2) is 3.76. The van der Waals surface area contributed by atoms with Crippen LogP contribution in [0.3, 0.4) is 0 Å². The minimum absolute atomic E-state index is 0.410. The Labute approximate surface area is 86.6 Å². The van der Waals surface area contributed by atoms with E-state index in [1.165, 1.54) is 0 Å². The highest BCUT2D eigenvalue weighted by Crippen LogP contribution is 2.29. The Kier molecular flexibility index (Phi) is 2.65. The minimum atomic E-state index is 0.410. The first-order valence-electron chi connectivity index (χ1n) is 4.16. The molecule has 70 valence electrons. The Balaban J connectivity index is 2.17. The number of rotatable bonds is 3. The standard InChI is InChI=1S/C9H10ClNOS/c1-13-9-5-7(4-8(10)11-9)12-6-2-3-6/h4-6H,2-3H2,1H3. The Bertz CT molecular complexity index is 314. The van der Waals surface area contributed by atoms with Crippen molar-refractivity contribution < 1.29 is 4.74 Å². The van der Waals surface area contributed by atoms with Crippen LogP contribution in [0.4, 0.5) is 0 Å². The molecule has 0 spiro atoms. The molecule has 0 aliphatic heterocycles. The minimum Gasteiger partial charge on any atom is -0.490 e. The maximum atomic E-state index is 5.83. The van der Waals surface area contributed by atoms with E-state index in [0.29, 0.717) is 11.3 Å². The Morgan fingerprint density at radius 1 is 1.54 bits per heavy atom. The highest BCUT2D eigenvalue weighted by atomic mass is 35.5. The topological polar surface area (TPSA) is 22.1 Å². The summed E-state index contributed by atoms with van der Waals surface area (Å²) in [5.41, 5.74) is 0. The molecule has 2 nitrogen and oxygen atoms in total. The van der Waals surface area contributed by atoms with E-state index >= 15 is 0 Å². The molecule has 1 aliphatic carbocycles. The fourth-order valence-corrected chi connectivity index (χ4v) is 1.67. The lowest BCUT2D eigenvalue weighted by molar-refractivity contribution is 0.302. The van der Waals surface area contributed by atoms with Crippen molar-refractivity contribution in [2.75, 3.05) is 6.26 Å². The van der Waals surface area contributed by atoms with Crippen LogP contribution in [0.25, 0.3) is 0 Å². The monoisotopic (exact) mass is 215 g/mol. The second-order valence-corrected chi connectivity index (χ2v) is 4.20. The van der Waals surface area contributed by atoms with Crippen molar-refractivity contribution in [2.45, 2.75) is 24.0 Å². The zero-order valence-corrected chi connectivity index (χ0v) is 8.86. The summed E-state index contributed by atoms with van der Waals surface area (Å²) in [4.78, 5) is 4.13. The molecule has 2 rings (SSSR count). The molecule has 1 heterocycles. The molecule has 0 amide bonds. The maximum Gasteiger partial charge on any atom is 0.134 e. The number of thioether (sulfide) groups is 1. The predicted molar refractivity (Wildman–Crippen MR) is 54.7 cm³/mol. The molecule has 13 heavy (non-hydrogen) atoms. The van der Waals surface area contributed by atoms with E-state index in [0.717, 1.165) is 23.6 Å². The quantitative estimate of drug-likeness (QED) is 0.572. The van der Waals surface area contributed by atoms with Crippen LogP contribution in [0, 0.1) is 0 Å². The third-order valence-corrected chi connectivity index (χ3v) is 2.60. The van der Waals surface area contributed by atoms with Gasteiger partial charge in [-0.2, -0.15) is 0 Å². The van der Waals surface area contributed by atoms with Crippen LogP contribution in [-0.2, 0) is 0 Å². The fourth-order valence-electron chi connectivity index (χ4n) is 1.00. The van der Waals surface area contributed by atoms with Crippen LogP contribution >= 0.6 is 23.4 Å². The van der Waals surface area contributed by atoms with Crippen LogP contribution in [-0.4, -0.2) is 17.3 Å². The van der Waals surface area contributed by atoms with Crippen molar-refractivity contribution in [1.29, 1.82) is 0 Å². The first kappa shape index (κ1) is 9.16. The Morgan fingerprint density at radius 2 is 2.31 bits per heavy atom. The highest BCUT2D eigenvalue weighted by Gasteiger charge is 2.23. The third kappa shape index (κ3) is 2.51. The summed E-state index contributed by atoms with van der Waals surface area (Å²) in [5.74, 6) is 0.840. The first-order chi connectivity index (χ1) is 6.28. The fraction of sp³-hybridized carbons (Fsp3) is 0.444. The highest BCUT2D eigenvalue weighted by molar-refractivity contribution is 7.98. The predicted octanol–water partition coefficient (Wildman–Crippen LogP) is 3.00. The van der Waals surface area contributed by atoms with Gasteiger partial charge in [0.1, 0.15) is 15.9 Å². The Morgan fingerprint density at radius 3 is 2.92 bits per heavy atom. The van der Waals surface area contributed by atoms with Crippen molar-refractivity contribution >= 4 is 23.4 Å². The van der Waals surface area contributed by atoms with Crippen LogP contribution in [0.2, 0.25) is 5.15 Å². The molecule has 0 unspecified atom stereocenters. The molecule has 1 aromatic heterocycles. The summed E-state index contributed by atoms with van der Waals surface area (Å²) in [6.07, 6.45) is 4.70. The SMILES string of the molecule is CSc1cc(OC2CC2)cc(Cl)n1. The lowest BCUT2D eigenvalue weighted by atomic mass is 10.4. The van der Waals surface area contributed by atoms with Crippen LogP contribution in [0.5, 0.6) is 5.75 Å². The number of halogens is 1. The molecule has 1 fully saturated rings. The lowest BCUT2D eigenvalue weighted by Gasteiger charge is -2.05. The molecule has 0 radical (unpaired) electrons. The van der Waals surface area contributed by atoms with Crippen molar-refractivity contribution in [3.63, 3.8) is 0 Å². The van der Waals surface area contributed by atoms with Gasteiger partial charge in [-0.05, 0) is 19.1 Å².